The van der Waals surface area contributed by atoms with Gasteiger partial charge in [0.25, 0.3) is 5.56 Å². The Morgan fingerprint density at radius 3 is 2.97 bits per heavy atom. The smallest absolute Gasteiger partial charge is 0.262 e. The lowest BCUT2D eigenvalue weighted by Crippen LogP contribution is -2.24. The molecule has 3 heterocycles. The molecule has 1 aliphatic carbocycles. The number of aromatic nitrogens is 4. The number of aryl methyl sites for hydroxylation is 3. The van der Waals surface area contributed by atoms with Gasteiger partial charge in [0.05, 0.1) is 22.7 Å². The Labute approximate surface area is 175 Å². The van der Waals surface area contributed by atoms with E-state index >= 15 is 0 Å². The summed E-state index contributed by atoms with van der Waals surface area (Å²) in [4.78, 5) is 29.4. The minimum absolute atomic E-state index is 0.0153. The largest absolute Gasteiger partial charge is 0.281 e. The molecular weight excluding hydrogens is 402 g/mol. The third-order valence-electron chi connectivity index (χ3n) is 5.15. The molecule has 0 saturated heterocycles. The van der Waals surface area contributed by atoms with Crippen LogP contribution in [0.15, 0.2) is 34.1 Å². The van der Waals surface area contributed by atoms with Crippen molar-refractivity contribution in [2.45, 2.75) is 43.5 Å². The second-order valence-electron chi connectivity index (χ2n) is 7.00. The van der Waals surface area contributed by atoms with Crippen LogP contribution in [-0.2, 0) is 25.1 Å². The molecule has 0 aliphatic heterocycles. The Kier molecular flexibility index (Phi) is 4.57. The molecule has 1 aromatic carbocycles. The zero-order valence-electron chi connectivity index (χ0n) is 15.8. The quantitative estimate of drug-likeness (QED) is 0.367. The molecule has 29 heavy (non-hydrogen) atoms. The van der Waals surface area contributed by atoms with Gasteiger partial charge in [0.2, 0.25) is 0 Å². The molecule has 3 aromatic heterocycles. The van der Waals surface area contributed by atoms with Gasteiger partial charge in [-0.05, 0) is 43.9 Å². The summed E-state index contributed by atoms with van der Waals surface area (Å²) in [7, 11) is 0. The highest BCUT2D eigenvalue weighted by Crippen LogP contribution is 2.41. The van der Waals surface area contributed by atoms with Gasteiger partial charge in [-0.15, -0.1) is 11.3 Å². The highest BCUT2D eigenvalue weighted by atomic mass is 32.2. The van der Waals surface area contributed by atoms with Crippen molar-refractivity contribution in [3.8, 4) is 6.07 Å². The van der Waals surface area contributed by atoms with Crippen LogP contribution in [0.5, 0.6) is 0 Å². The number of fused-ring (bicyclic) bond motifs is 4. The molecule has 0 spiro atoms. The number of hydrogen-bond donors (Lipinski definition) is 0. The van der Waals surface area contributed by atoms with Gasteiger partial charge in [-0.2, -0.15) is 5.26 Å². The monoisotopic (exact) mass is 419 g/mol. The third-order valence-corrected chi connectivity index (χ3v) is 7.31. The van der Waals surface area contributed by atoms with Crippen molar-refractivity contribution in [1.29, 1.82) is 5.26 Å². The fraction of sp³-hybridized carbons (Fsp3) is 0.286. The first-order valence-electron chi connectivity index (χ1n) is 9.43. The summed E-state index contributed by atoms with van der Waals surface area (Å²) in [6, 6.07) is 9.35. The highest BCUT2D eigenvalue weighted by molar-refractivity contribution is 7.98. The van der Waals surface area contributed by atoms with Crippen molar-refractivity contribution in [2.24, 2.45) is 0 Å². The lowest BCUT2D eigenvalue weighted by molar-refractivity contribution is 0.730. The number of rotatable bonds is 4. The summed E-state index contributed by atoms with van der Waals surface area (Å²) in [5.41, 5.74) is 1.87. The van der Waals surface area contributed by atoms with E-state index in [9.17, 15) is 10.1 Å². The Balaban J connectivity index is 1.59. The average molecular weight is 420 g/mol. The van der Waals surface area contributed by atoms with Crippen LogP contribution in [0.2, 0.25) is 0 Å². The first-order chi connectivity index (χ1) is 14.2. The minimum Gasteiger partial charge on any atom is -0.281 e. The van der Waals surface area contributed by atoms with Crippen molar-refractivity contribution in [3.05, 3.63) is 56.7 Å². The SMILES string of the molecule is Cc1nc(SCc2nc3ccccc3c(=O)n2CC#N)c2c3c(sc2n1)CCC3. The fourth-order valence-corrected chi connectivity index (χ4v) is 6.28. The predicted molar refractivity (Wildman–Crippen MR) is 115 cm³/mol. The van der Waals surface area contributed by atoms with E-state index in [1.54, 1.807) is 29.2 Å². The molecule has 0 fully saturated rings. The molecule has 5 rings (SSSR count). The zero-order valence-corrected chi connectivity index (χ0v) is 17.4. The van der Waals surface area contributed by atoms with Crippen LogP contribution in [0.25, 0.3) is 21.1 Å². The molecular formula is C21H17N5OS2. The predicted octanol–water partition coefficient (Wildman–Crippen LogP) is 4.01. The average Bonchev–Trinajstić information content (AvgIpc) is 3.29. The molecule has 1 aliphatic rings. The van der Waals surface area contributed by atoms with Gasteiger partial charge in [0.1, 0.15) is 28.0 Å². The lowest BCUT2D eigenvalue weighted by Gasteiger charge is -2.11. The Morgan fingerprint density at radius 2 is 2.10 bits per heavy atom. The van der Waals surface area contributed by atoms with Crippen LogP contribution in [0, 0.1) is 18.3 Å². The van der Waals surface area contributed by atoms with E-state index in [-0.39, 0.29) is 12.1 Å². The molecule has 4 aromatic rings. The molecule has 0 atom stereocenters. The van der Waals surface area contributed by atoms with Crippen LogP contribution in [-0.4, -0.2) is 19.5 Å². The Bertz CT molecular complexity index is 1370. The summed E-state index contributed by atoms with van der Waals surface area (Å²) in [5.74, 6) is 1.81. The summed E-state index contributed by atoms with van der Waals surface area (Å²) in [5, 5.41) is 11.9. The minimum atomic E-state index is -0.173. The summed E-state index contributed by atoms with van der Waals surface area (Å²) >= 11 is 3.34. The van der Waals surface area contributed by atoms with E-state index < -0.39 is 0 Å². The number of nitriles is 1. The lowest BCUT2D eigenvalue weighted by atomic mass is 10.2. The van der Waals surface area contributed by atoms with Crippen LogP contribution in [0.1, 0.15) is 28.5 Å². The van der Waals surface area contributed by atoms with Crippen LogP contribution in [0.4, 0.5) is 0 Å². The van der Waals surface area contributed by atoms with Gasteiger partial charge in [-0.1, -0.05) is 23.9 Å². The molecule has 6 nitrogen and oxygen atoms in total. The maximum absolute atomic E-state index is 12.9. The van der Waals surface area contributed by atoms with Gasteiger partial charge >= 0.3 is 0 Å². The first kappa shape index (κ1) is 18.3. The van der Waals surface area contributed by atoms with Gasteiger partial charge < -0.3 is 0 Å². The van der Waals surface area contributed by atoms with Crippen molar-refractivity contribution in [1.82, 2.24) is 19.5 Å². The number of benzene rings is 1. The second-order valence-corrected chi connectivity index (χ2v) is 9.04. The third kappa shape index (κ3) is 3.11. The van der Waals surface area contributed by atoms with Crippen LogP contribution < -0.4 is 5.56 Å². The molecule has 8 heteroatoms. The molecule has 0 amide bonds. The van der Waals surface area contributed by atoms with Crippen molar-refractivity contribution < 1.29 is 0 Å². The molecule has 0 saturated carbocycles. The highest BCUT2D eigenvalue weighted by Gasteiger charge is 2.22. The molecule has 0 unspecified atom stereocenters. The molecule has 0 bridgehead atoms. The first-order valence-corrected chi connectivity index (χ1v) is 11.2. The van der Waals surface area contributed by atoms with Gasteiger partial charge in [0.15, 0.2) is 0 Å². The maximum Gasteiger partial charge on any atom is 0.262 e. The van der Waals surface area contributed by atoms with E-state index in [2.05, 4.69) is 16.0 Å². The van der Waals surface area contributed by atoms with E-state index in [1.165, 1.54) is 21.4 Å². The summed E-state index contributed by atoms with van der Waals surface area (Å²) in [6.07, 6.45) is 3.37. The number of thiophene rings is 1. The maximum atomic E-state index is 12.9. The molecule has 0 radical (unpaired) electrons. The van der Waals surface area contributed by atoms with E-state index in [0.29, 0.717) is 22.5 Å². The van der Waals surface area contributed by atoms with Gasteiger partial charge in [-0.3, -0.25) is 9.36 Å². The normalized spacial score (nSPS) is 13.1. The fourth-order valence-electron chi connectivity index (χ4n) is 3.86. The zero-order chi connectivity index (χ0) is 20.0. The van der Waals surface area contributed by atoms with Gasteiger partial charge in [-0.25, -0.2) is 15.0 Å². The Morgan fingerprint density at radius 1 is 1.24 bits per heavy atom. The molecule has 0 N–H and O–H groups in total. The number of hydrogen-bond acceptors (Lipinski definition) is 7. The number of thioether (sulfide) groups is 1. The summed E-state index contributed by atoms with van der Waals surface area (Å²) < 4.78 is 1.47. The van der Waals surface area contributed by atoms with E-state index in [0.717, 1.165) is 33.9 Å². The van der Waals surface area contributed by atoms with E-state index in [1.807, 2.05) is 25.1 Å². The second kappa shape index (κ2) is 7.25. The van der Waals surface area contributed by atoms with Crippen molar-refractivity contribution in [3.63, 3.8) is 0 Å². The molecule has 144 valence electrons. The Hall–Kier alpha value is -2.76. The van der Waals surface area contributed by atoms with Gasteiger partial charge in [0, 0.05) is 10.3 Å². The van der Waals surface area contributed by atoms with Crippen molar-refractivity contribution in [2.75, 3.05) is 0 Å². The standard InChI is InChI=1S/C21H17N5OS2/c1-12-23-19(18-14-6-4-8-16(14)29-20(18)24-12)28-11-17-25-15-7-3-2-5-13(15)21(27)26(17)10-9-22/h2-3,5,7H,4,6,8,10-11H2,1H3. The van der Waals surface area contributed by atoms with Crippen LogP contribution >= 0.6 is 23.1 Å². The van der Waals surface area contributed by atoms with Crippen LogP contribution in [0.3, 0.4) is 0 Å². The topological polar surface area (TPSA) is 84.5 Å². The number of para-hydroxylation sites is 1. The number of nitrogens with zero attached hydrogens (tertiary/aromatic N) is 5. The summed E-state index contributed by atoms with van der Waals surface area (Å²) in [6.45, 7) is 1.90. The van der Waals surface area contributed by atoms with Crippen molar-refractivity contribution >= 4 is 44.2 Å². The van der Waals surface area contributed by atoms with E-state index in [4.69, 9.17) is 4.98 Å².